The molecule has 0 aliphatic heterocycles. The summed E-state index contributed by atoms with van der Waals surface area (Å²) in [6.07, 6.45) is 6.20. The maximum Gasteiger partial charge on any atom is 0.284 e. The van der Waals surface area contributed by atoms with E-state index in [2.05, 4.69) is 48.5 Å². The highest BCUT2D eigenvalue weighted by Gasteiger charge is 2.36. The van der Waals surface area contributed by atoms with Gasteiger partial charge >= 0.3 is 0 Å². The predicted molar refractivity (Wildman–Crippen MR) is 141 cm³/mol. The van der Waals surface area contributed by atoms with Crippen molar-refractivity contribution in [2.75, 3.05) is 0 Å². The van der Waals surface area contributed by atoms with Crippen LogP contribution in [0.1, 0.15) is 40.7 Å². The van der Waals surface area contributed by atoms with Crippen LogP contribution in [0.4, 0.5) is 17.1 Å². The second-order valence-corrected chi connectivity index (χ2v) is 8.87. The van der Waals surface area contributed by atoms with E-state index >= 15 is 0 Å². The van der Waals surface area contributed by atoms with Crippen LogP contribution in [0, 0.1) is 30.3 Å². The van der Waals surface area contributed by atoms with Crippen molar-refractivity contribution in [3.63, 3.8) is 0 Å². The first-order valence-corrected chi connectivity index (χ1v) is 11.7. The van der Waals surface area contributed by atoms with Gasteiger partial charge in [0.25, 0.3) is 17.1 Å². The highest BCUT2D eigenvalue weighted by molar-refractivity contribution is 6.23. The van der Waals surface area contributed by atoms with Crippen LogP contribution in [0.2, 0.25) is 0 Å². The molecular weight excluding hydrogens is 490 g/mol. The fourth-order valence-corrected chi connectivity index (χ4v) is 4.94. The Bertz CT molecular complexity index is 1700. The van der Waals surface area contributed by atoms with Crippen LogP contribution in [0.5, 0.6) is 0 Å². The topological polar surface area (TPSA) is 146 Å². The summed E-state index contributed by atoms with van der Waals surface area (Å²) in [6, 6.07) is 20.3. The number of carbonyl (C=O) groups excluding carboxylic acids is 1. The molecule has 0 N–H and O–H groups in total. The number of carbonyl (C=O) groups is 1. The van der Waals surface area contributed by atoms with Gasteiger partial charge in [0.15, 0.2) is 5.78 Å². The Kier molecular flexibility index (Phi) is 6.21. The van der Waals surface area contributed by atoms with Crippen molar-refractivity contribution in [3.05, 3.63) is 126 Å². The molecule has 38 heavy (non-hydrogen) atoms. The Morgan fingerprint density at radius 2 is 1.37 bits per heavy atom. The molecule has 0 saturated heterocycles. The number of hydrogen-bond acceptors (Lipinski definition) is 7. The van der Waals surface area contributed by atoms with Crippen molar-refractivity contribution >= 4 is 39.2 Å². The van der Waals surface area contributed by atoms with Gasteiger partial charge in [-0.05, 0) is 47.2 Å². The smallest absolute Gasteiger partial charge is 0.284 e. The molecule has 6 rings (SSSR count). The van der Waals surface area contributed by atoms with Gasteiger partial charge in [-0.15, -0.1) is 0 Å². The van der Waals surface area contributed by atoms with E-state index in [4.69, 9.17) is 0 Å². The summed E-state index contributed by atoms with van der Waals surface area (Å²) in [7, 11) is 0. The summed E-state index contributed by atoms with van der Waals surface area (Å²) in [5.74, 6) is -0.717. The fourth-order valence-electron chi connectivity index (χ4n) is 4.94. The van der Waals surface area contributed by atoms with E-state index < -0.39 is 31.9 Å². The van der Waals surface area contributed by atoms with Gasteiger partial charge in [0, 0.05) is 34.9 Å². The maximum atomic E-state index is 12.3. The average Bonchev–Trinajstić information content (AvgIpc) is 3.55. The highest BCUT2D eigenvalue weighted by Crippen LogP contribution is 2.45. The molecule has 2 aliphatic rings. The summed E-state index contributed by atoms with van der Waals surface area (Å²) in [6.45, 7) is 0. The summed E-state index contributed by atoms with van der Waals surface area (Å²) in [5, 5.41) is 35.6. The average molecular weight is 509 g/mol. The van der Waals surface area contributed by atoms with Gasteiger partial charge in [-0.25, -0.2) is 0 Å². The Morgan fingerprint density at radius 1 is 0.658 bits per heavy atom. The lowest BCUT2D eigenvalue weighted by atomic mass is 9.98. The number of ketones is 1. The van der Waals surface area contributed by atoms with Crippen LogP contribution in [-0.2, 0) is 0 Å². The number of benzene rings is 4. The van der Waals surface area contributed by atoms with E-state index in [-0.39, 0.29) is 27.9 Å². The normalized spacial score (nSPS) is 13.3. The van der Waals surface area contributed by atoms with Crippen LogP contribution in [0.25, 0.3) is 27.5 Å². The zero-order valence-corrected chi connectivity index (χ0v) is 19.8. The van der Waals surface area contributed by atoms with E-state index in [1.807, 2.05) is 0 Å². The number of non-ortho nitro benzene ring substituents is 2. The van der Waals surface area contributed by atoms with Crippen LogP contribution in [-0.4, -0.2) is 20.6 Å². The van der Waals surface area contributed by atoms with Crippen LogP contribution in [0.15, 0.2) is 78.9 Å². The largest absolute Gasteiger partial charge is 0.289 e. The molecule has 2 aliphatic carbocycles. The molecule has 0 aromatic heterocycles. The van der Waals surface area contributed by atoms with Gasteiger partial charge in [0.05, 0.1) is 26.4 Å². The minimum atomic E-state index is -0.841. The van der Waals surface area contributed by atoms with Crippen molar-refractivity contribution in [2.24, 2.45) is 0 Å². The van der Waals surface area contributed by atoms with Crippen LogP contribution in [0.3, 0.4) is 0 Å². The summed E-state index contributed by atoms with van der Waals surface area (Å²) in [4.78, 5) is 42.8. The van der Waals surface area contributed by atoms with E-state index in [0.717, 1.165) is 24.3 Å². The first-order chi connectivity index (χ1) is 18.3. The molecule has 10 nitrogen and oxygen atoms in total. The van der Waals surface area contributed by atoms with Gasteiger partial charge in [0.2, 0.25) is 0 Å². The number of rotatable bonds is 4. The summed E-state index contributed by atoms with van der Waals surface area (Å²) < 4.78 is 0. The molecule has 10 heteroatoms. The Morgan fingerprint density at radius 3 is 2.05 bits per heavy atom. The molecule has 0 heterocycles. The third-order valence-electron chi connectivity index (χ3n) is 6.66. The molecule has 0 atom stereocenters. The number of nitrogens with zero attached hydrogens (tertiary/aromatic N) is 3. The van der Waals surface area contributed by atoms with Gasteiger partial charge in [-0.3, -0.25) is 35.1 Å². The molecule has 0 spiro atoms. The zero-order chi connectivity index (χ0) is 27.0. The monoisotopic (exact) mass is 509 g/mol. The van der Waals surface area contributed by atoms with Crippen LogP contribution < -0.4 is 0 Å². The number of fused-ring (bicyclic) bond motifs is 4. The third kappa shape index (κ3) is 4.28. The minimum absolute atomic E-state index is 0.0597. The number of nitro benzene ring substituents is 3. The maximum absolute atomic E-state index is 12.3. The van der Waals surface area contributed by atoms with E-state index in [1.165, 1.54) is 47.2 Å². The van der Waals surface area contributed by atoms with E-state index in [0.29, 0.717) is 0 Å². The third-order valence-corrected chi connectivity index (χ3v) is 6.66. The van der Waals surface area contributed by atoms with Gasteiger partial charge in [-0.2, -0.15) is 0 Å². The summed E-state index contributed by atoms with van der Waals surface area (Å²) >= 11 is 0. The lowest BCUT2D eigenvalue weighted by molar-refractivity contribution is -0.393. The van der Waals surface area contributed by atoms with Crippen molar-refractivity contribution in [1.82, 2.24) is 0 Å². The molecule has 0 fully saturated rings. The Labute approximate surface area is 215 Å². The predicted octanol–water partition coefficient (Wildman–Crippen LogP) is 7.03. The first kappa shape index (κ1) is 24.4. The SMILES string of the molecule is C1=C(c2cccc3ccccc23)CCC1.O=C1c2cc([N+](=O)[O-])ccc2-c2c1cc([N+](=O)[O-])cc2[N+](=O)[O-]. The zero-order valence-electron chi connectivity index (χ0n) is 19.8. The molecule has 4 aromatic rings. The van der Waals surface area contributed by atoms with Crippen molar-refractivity contribution in [3.8, 4) is 11.1 Å². The minimum Gasteiger partial charge on any atom is -0.289 e. The van der Waals surface area contributed by atoms with Gasteiger partial charge in [-0.1, -0.05) is 48.5 Å². The lowest BCUT2D eigenvalue weighted by Crippen LogP contribution is -2.00. The Balaban J connectivity index is 0.000000168. The second kappa shape index (κ2) is 9.66. The van der Waals surface area contributed by atoms with Crippen LogP contribution >= 0.6 is 0 Å². The molecular formula is C28H19N3O7. The number of allylic oxidation sites excluding steroid dienone is 2. The van der Waals surface area contributed by atoms with Crippen molar-refractivity contribution in [2.45, 2.75) is 19.3 Å². The van der Waals surface area contributed by atoms with Crippen molar-refractivity contribution < 1.29 is 19.6 Å². The molecule has 0 saturated carbocycles. The first-order valence-electron chi connectivity index (χ1n) is 11.7. The molecule has 4 aromatic carbocycles. The van der Waals surface area contributed by atoms with Crippen molar-refractivity contribution in [1.29, 1.82) is 0 Å². The molecule has 0 bridgehead atoms. The quantitative estimate of drug-likeness (QED) is 0.187. The number of nitro groups is 3. The number of hydrogen-bond donors (Lipinski definition) is 0. The molecule has 0 amide bonds. The summed E-state index contributed by atoms with van der Waals surface area (Å²) in [5.41, 5.74) is 1.24. The Hall–Kier alpha value is -5.25. The standard InChI is InChI=1S/C15H14.C13H5N3O7/c1-2-7-12(6-1)15-11-5-9-13-8-3-4-10-14(13)15;17-13-9-3-6(14(18)19)1-2-8(9)12-10(13)4-7(15(20)21)5-11(12)16(22)23/h3-6,8-11H,1-2,7H2;1-5H. The molecule has 0 unspecified atom stereocenters. The van der Waals surface area contributed by atoms with Gasteiger partial charge in [0.1, 0.15) is 0 Å². The lowest BCUT2D eigenvalue weighted by Gasteiger charge is -2.06. The molecule has 188 valence electrons. The second-order valence-electron chi connectivity index (χ2n) is 8.87. The highest BCUT2D eigenvalue weighted by atomic mass is 16.6. The fraction of sp³-hybridized carbons (Fsp3) is 0.107. The van der Waals surface area contributed by atoms with E-state index in [1.54, 1.807) is 0 Å². The van der Waals surface area contributed by atoms with E-state index in [9.17, 15) is 35.1 Å². The molecule has 0 radical (unpaired) electrons. The van der Waals surface area contributed by atoms with Gasteiger partial charge < -0.3 is 0 Å².